The summed E-state index contributed by atoms with van der Waals surface area (Å²) in [5.74, 6) is 0.0895. The van der Waals surface area contributed by atoms with Crippen molar-refractivity contribution in [1.82, 2.24) is 0 Å². The molecule has 0 saturated heterocycles. The van der Waals surface area contributed by atoms with E-state index in [4.69, 9.17) is 4.74 Å². The van der Waals surface area contributed by atoms with Gasteiger partial charge in [0, 0.05) is 30.1 Å². The van der Waals surface area contributed by atoms with E-state index in [9.17, 15) is 9.90 Å². The Morgan fingerprint density at radius 2 is 1.91 bits per heavy atom. The fourth-order valence-corrected chi connectivity index (χ4v) is 4.13. The summed E-state index contributed by atoms with van der Waals surface area (Å²) >= 11 is 10.3. The molecular weight excluding hydrogens is 494 g/mol. The highest BCUT2D eigenvalue weighted by Gasteiger charge is 2.27. The summed E-state index contributed by atoms with van der Waals surface area (Å²) in [6.45, 7) is 0. The van der Waals surface area contributed by atoms with Gasteiger partial charge in [0.25, 0.3) is 5.91 Å². The van der Waals surface area contributed by atoms with Crippen LogP contribution in [0.4, 0.5) is 5.69 Å². The van der Waals surface area contributed by atoms with Crippen molar-refractivity contribution in [2.24, 2.45) is 0 Å². The number of methoxy groups -OCH3 is 1. The van der Waals surface area contributed by atoms with Crippen LogP contribution in [-0.4, -0.2) is 18.1 Å². The zero-order chi connectivity index (χ0) is 16.7. The van der Waals surface area contributed by atoms with E-state index in [0.29, 0.717) is 27.0 Å². The second kappa shape index (κ2) is 6.30. The van der Waals surface area contributed by atoms with Crippen molar-refractivity contribution in [2.75, 3.05) is 12.4 Å². The van der Waals surface area contributed by atoms with Gasteiger partial charge in [-0.05, 0) is 46.3 Å². The zero-order valence-electron chi connectivity index (χ0n) is 11.8. The molecule has 2 N–H and O–H groups in total. The number of halogens is 3. The highest BCUT2D eigenvalue weighted by atomic mass is 79.9. The summed E-state index contributed by atoms with van der Waals surface area (Å²) in [5.41, 5.74) is 2.41. The minimum absolute atomic E-state index is 0.0234. The molecule has 7 heteroatoms. The van der Waals surface area contributed by atoms with E-state index < -0.39 is 0 Å². The standard InChI is InChI=1S/C16H10Br3NO3/c1-23-13-3-2-11(18)10(15(13)21)6-9-8-4-7(17)5-12(19)14(8)20-16(9)22/h2-6,21H,1H3,(H,20,22). The Kier molecular flexibility index (Phi) is 4.53. The van der Waals surface area contributed by atoms with Crippen molar-refractivity contribution >= 4 is 71.0 Å². The summed E-state index contributed by atoms with van der Waals surface area (Å²) in [4.78, 5) is 12.3. The Labute approximate surface area is 157 Å². The lowest BCUT2D eigenvalue weighted by molar-refractivity contribution is -0.110. The molecule has 0 atom stereocenters. The molecule has 118 valence electrons. The third-order valence-electron chi connectivity index (χ3n) is 3.46. The third-order valence-corrected chi connectivity index (χ3v) is 5.24. The topological polar surface area (TPSA) is 58.6 Å². The van der Waals surface area contributed by atoms with Crippen molar-refractivity contribution in [3.8, 4) is 11.5 Å². The van der Waals surface area contributed by atoms with Crippen LogP contribution < -0.4 is 10.1 Å². The first-order valence-corrected chi connectivity index (χ1v) is 8.88. The van der Waals surface area contributed by atoms with Gasteiger partial charge in [0.05, 0.1) is 12.8 Å². The zero-order valence-corrected chi connectivity index (χ0v) is 16.5. The highest BCUT2D eigenvalue weighted by Crippen LogP contribution is 2.43. The molecule has 4 nitrogen and oxygen atoms in total. The first-order valence-electron chi connectivity index (χ1n) is 6.50. The van der Waals surface area contributed by atoms with E-state index in [2.05, 4.69) is 53.1 Å². The number of hydrogen-bond acceptors (Lipinski definition) is 3. The largest absolute Gasteiger partial charge is 0.504 e. The van der Waals surface area contributed by atoms with Crippen LogP contribution in [0.3, 0.4) is 0 Å². The molecule has 1 aliphatic heterocycles. The van der Waals surface area contributed by atoms with Crippen molar-refractivity contribution < 1.29 is 14.6 Å². The molecule has 0 aliphatic carbocycles. The van der Waals surface area contributed by atoms with Gasteiger partial charge in [-0.25, -0.2) is 0 Å². The van der Waals surface area contributed by atoms with Gasteiger partial charge in [-0.1, -0.05) is 31.9 Å². The number of benzene rings is 2. The van der Waals surface area contributed by atoms with E-state index in [1.807, 2.05) is 12.1 Å². The number of carbonyl (C=O) groups is 1. The number of phenols is 1. The summed E-state index contributed by atoms with van der Waals surface area (Å²) in [6.07, 6.45) is 1.64. The average Bonchev–Trinajstić information content (AvgIpc) is 2.80. The van der Waals surface area contributed by atoms with Gasteiger partial charge in [-0.2, -0.15) is 0 Å². The van der Waals surface area contributed by atoms with Crippen LogP contribution in [-0.2, 0) is 4.79 Å². The number of phenolic OH excluding ortho intramolecular Hbond substituents is 1. The van der Waals surface area contributed by atoms with Gasteiger partial charge in [0.1, 0.15) is 0 Å². The molecule has 0 radical (unpaired) electrons. The summed E-state index contributed by atoms with van der Waals surface area (Å²) in [7, 11) is 1.48. The average molecular weight is 504 g/mol. The highest BCUT2D eigenvalue weighted by molar-refractivity contribution is 9.11. The van der Waals surface area contributed by atoms with E-state index in [0.717, 1.165) is 14.5 Å². The summed E-state index contributed by atoms with van der Waals surface area (Å²) in [5, 5.41) is 13.2. The van der Waals surface area contributed by atoms with Crippen LogP contribution in [0.25, 0.3) is 11.6 Å². The van der Waals surface area contributed by atoms with Gasteiger partial charge >= 0.3 is 0 Å². The molecule has 0 saturated carbocycles. The summed E-state index contributed by atoms with van der Waals surface area (Å²) in [6, 6.07) is 7.13. The van der Waals surface area contributed by atoms with Gasteiger partial charge in [-0.15, -0.1) is 0 Å². The number of rotatable bonds is 2. The van der Waals surface area contributed by atoms with Crippen LogP contribution in [0.1, 0.15) is 11.1 Å². The Hall–Kier alpha value is -1.31. The van der Waals surface area contributed by atoms with Crippen LogP contribution in [0.5, 0.6) is 11.5 Å². The molecule has 23 heavy (non-hydrogen) atoms. The van der Waals surface area contributed by atoms with Crippen LogP contribution in [0, 0.1) is 0 Å². The lowest BCUT2D eigenvalue weighted by atomic mass is 10.0. The van der Waals surface area contributed by atoms with E-state index >= 15 is 0 Å². The maximum absolute atomic E-state index is 12.3. The lowest BCUT2D eigenvalue weighted by Crippen LogP contribution is -2.04. The van der Waals surface area contributed by atoms with E-state index in [1.165, 1.54) is 7.11 Å². The molecule has 0 aromatic heterocycles. The Balaban J connectivity index is 2.22. The smallest absolute Gasteiger partial charge is 0.256 e. The van der Waals surface area contributed by atoms with E-state index in [-0.39, 0.29) is 11.7 Å². The lowest BCUT2D eigenvalue weighted by Gasteiger charge is -2.09. The van der Waals surface area contributed by atoms with Gasteiger partial charge in [-0.3, -0.25) is 4.79 Å². The van der Waals surface area contributed by atoms with Crippen molar-refractivity contribution in [2.45, 2.75) is 0 Å². The number of nitrogens with one attached hydrogen (secondary N) is 1. The second-order valence-corrected chi connectivity index (χ2v) is 7.46. The molecule has 2 aromatic carbocycles. The van der Waals surface area contributed by atoms with Crippen molar-refractivity contribution in [3.63, 3.8) is 0 Å². The predicted molar refractivity (Wildman–Crippen MR) is 101 cm³/mol. The number of anilines is 1. The normalized spacial score (nSPS) is 14.8. The quantitative estimate of drug-likeness (QED) is 0.555. The SMILES string of the molecule is COc1ccc(Br)c(C=C2C(=O)Nc3c(Br)cc(Br)cc32)c1O. The molecule has 0 spiro atoms. The predicted octanol–water partition coefficient (Wildman–Crippen LogP) is 5.18. The monoisotopic (exact) mass is 501 g/mol. The van der Waals surface area contributed by atoms with Gasteiger partial charge in [0.2, 0.25) is 0 Å². The van der Waals surface area contributed by atoms with Gasteiger partial charge < -0.3 is 15.2 Å². The number of aromatic hydroxyl groups is 1. The maximum Gasteiger partial charge on any atom is 0.256 e. The van der Waals surface area contributed by atoms with Crippen molar-refractivity contribution in [3.05, 3.63) is 48.8 Å². The van der Waals surface area contributed by atoms with Crippen LogP contribution in [0.15, 0.2) is 37.7 Å². The molecule has 1 heterocycles. The van der Waals surface area contributed by atoms with Gasteiger partial charge in [0.15, 0.2) is 11.5 Å². The third kappa shape index (κ3) is 2.93. The number of amides is 1. The minimum atomic E-state index is -0.229. The number of fused-ring (bicyclic) bond motifs is 1. The molecule has 0 unspecified atom stereocenters. The number of carbonyl (C=O) groups excluding carboxylic acids is 1. The van der Waals surface area contributed by atoms with Crippen LogP contribution in [0.2, 0.25) is 0 Å². The van der Waals surface area contributed by atoms with E-state index in [1.54, 1.807) is 18.2 Å². The first kappa shape index (κ1) is 16.5. The summed E-state index contributed by atoms with van der Waals surface area (Å²) < 4.78 is 7.42. The fourth-order valence-electron chi connectivity index (χ4n) is 2.37. The molecule has 0 bridgehead atoms. The number of ether oxygens (including phenoxy) is 1. The molecular formula is C16H10Br3NO3. The molecule has 0 fully saturated rings. The Morgan fingerprint density at radius 1 is 1.17 bits per heavy atom. The van der Waals surface area contributed by atoms with Crippen molar-refractivity contribution in [1.29, 1.82) is 0 Å². The fraction of sp³-hybridized carbons (Fsp3) is 0.0625. The molecule has 1 aliphatic rings. The molecule has 2 aromatic rings. The number of hydrogen-bond donors (Lipinski definition) is 2. The Bertz CT molecular complexity index is 862. The molecule has 3 rings (SSSR count). The Morgan fingerprint density at radius 3 is 2.61 bits per heavy atom. The maximum atomic E-state index is 12.3. The minimum Gasteiger partial charge on any atom is -0.504 e. The molecule has 1 amide bonds. The second-order valence-electron chi connectivity index (χ2n) is 4.83. The van der Waals surface area contributed by atoms with Crippen LogP contribution >= 0.6 is 47.8 Å². The first-order chi connectivity index (χ1) is 10.9.